The molecule has 0 aliphatic carbocycles. The highest BCUT2D eigenvalue weighted by molar-refractivity contribution is 7.89. The lowest BCUT2D eigenvalue weighted by atomic mass is 10.1. The Morgan fingerprint density at radius 1 is 1.11 bits per heavy atom. The van der Waals surface area contributed by atoms with Crippen molar-refractivity contribution in [2.24, 2.45) is 0 Å². The standard InChI is InChI=1S/C20H24N2O5S/c1-5-12-21-28(24,25)17-9-7-16(8-10-17)20(23)22(2)14-15-6-11-18(26-3)19(13-15)27-4/h5-11,13,21H,1,12,14H2,2-4H3. The van der Waals surface area contributed by atoms with Crippen LogP contribution >= 0.6 is 0 Å². The monoisotopic (exact) mass is 404 g/mol. The van der Waals surface area contributed by atoms with Crippen molar-refractivity contribution >= 4 is 15.9 Å². The fourth-order valence-electron chi connectivity index (χ4n) is 2.57. The predicted octanol–water partition coefficient (Wildman–Crippen LogP) is 2.44. The second kappa shape index (κ2) is 9.38. The average molecular weight is 404 g/mol. The number of sulfonamides is 1. The molecule has 28 heavy (non-hydrogen) atoms. The Kier molecular flexibility index (Phi) is 7.19. The topological polar surface area (TPSA) is 84.9 Å². The summed E-state index contributed by atoms with van der Waals surface area (Å²) in [4.78, 5) is 14.3. The molecule has 8 heteroatoms. The van der Waals surface area contributed by atoms with Crippen LogP contribution in [0.5, 0.6) is 11.5 Å². The largest absolute Gasteiger partial charge is 0.493 e. The molecule has 2 aromatic carbocycles. The molecule has 0 saturated heterocycles. The Morgan fingerprint density at radius 3 is 2.32 bits per heavy atom. The second-order valence-electron chi connectivity index (χ2n) is 6.02. The van der Waals surface area contributed by atoms with Crippen LogP contribution in [0.4, 0.5) is 0 Å². The quantitative estimate of drug-likeness (QED) is 0.649. The molecule has 2 aromatic rings. The summed E-state index contributed by atoms with van der Waals surface area (Å²) >= 11 is 0. The number of methoxy groups -OCH3 is 2. The van der Waals surface area contributed by atoms with Crippen LogP contribution in [-0.2, 0) is 16.6 Å². The van der Waals surface area contributed by atoms with E-state index in [1.807, 2.05) is 12.1 Å². The first kappa shape index (κ1) is 21.5. The first-order valence-electron chi connectivity index (χ1n) is 8.49. The third kappa shape index (κ3) is 5.11. The molecule has 1 amide bonds. The van der Waals surface area contributed by atoms with Crippen molar-refractivity contribution in [3.63, 3.8) is 0 Å². The van der Waals surface area contributed by atoms with E-state index in [9.17, 15) is 13.2 Å². The first-order valence-corrected chi connectivity index (χ1v) is 9.97. The first-order chi connectivity index (χ1) is 13.3. The van der Waals surface area contributed by atoms with Crippen molar-refractivity contribution in [2.45, 2.75) is 11.4 Å². The Hall–Kier alpha value is -2.84. The second-order valence-corrected chi connectivity index (χ2v) is 7.78. The fourth-order valence-corrected chi connectivity index (χ4v) is 3.57. The fraction of sp³-hybridized carbons (Fsp3) is 0.250. The zero-order chi connectivity index (χ0) is 20.7. The number of carbonyl (C=O) groups excluding carboxylic acids is 1. The molecule has 0 aromatic heterocycles. The molecule has 0 atom stereocenters. The van der Waals surface area contributed by atoms with Gasteiger partial charge in [0.1, 0.15) is 0 Å². The van der Waals surface area contributed by atoms with Gasteiger partial charge in [-0.15, -0.1) is 6.58 Å². The number of benzene rings is 2. The van der Waals surface area contributed by atoms with Crippen LogP contribution in [0.2, 0.25) is 0 Å². The van der Waals surface area contributed by atoms with Crippen LogP contribution < -0.4 is 14.2 Å². The Morgan fingerprint density at radius 2 is 1.75 bits per heavy atom. The van der Waals surface area contributed by atoms with E-state index in [-0.39, 0.29) is 17.3 Å². The number of hydrogen-bond acceptors (Lipinski definition) is 5. The minimum absolute atomic E-state index is 0.0912. The van der Waals surface area contributed by atoms with Gasteiger partial charge in [0.15, 0.2) is 11.5 Å². The van der Waals surface area contributed by atoms with Crippen molar-refractivity contribution in [1.29, 1.82) is 0 Å². The Bertz CT molecular complexity index is 940. The molecule has 7 nitrogen and oxygen atoms in total. The molecule has 0 bridgehead atoms. The number of hydrogen-bond donors (Lipinski definition) is 1. The van der Waals surface area contributed by atoms with Crippen LogP contribution in [0.3, 0.4) is 0 Å². The molecular weight excluding hydrogens is 380 g/mol. The number of ether oxygens (including phenoxy) is 2. The van der Waals surface area contributed by atoms with E-state index in [1.54, 1.807) is 32.2 Å². The summed E-state index contributed by atoms with van der Waals surface area (Å²) in [6.45, 7) is 3.97. The highest BCUT2D eigenvalue weighted by atomic mass is 32.2. The number of nitrogens with zero attached hydrogens (tertiary/aromatic N) is 1. The van der Waals surface area contributed by atoms with Gasteiger partial charge in [-0.25, -0.2) is 13.1 Å². The minimum atomic E-state index is -3.62. The normalized spacial score (nSPS) is 11.0. The molecule has 150 valence electrons. The van der Waals surface area contributed by atoms with Crippen LogP contribution in [0.15, 0.2) is 60.0 Å². The Balaban J connectivity index is 2.12. The van der Waals surface area contributed by atoms with Crippen LogP contribution in [0.1, 0.15) is 15.9 Å². The minimum Gasteiger partial charge on any atom is -0.493 e. The molecule has 1 N–H and O–H groups in total. The van der Waals surface area contributed by atoms with Crippen LogP contribution in [-0.4, -0.2) is 47.0 Å². The maximum absolute atomic E-state index is 12.7. The van der Waals surface area contributed by atoms with E-state index in [4.69, 9.17) is 9.47 Å². The van der Waals surface area contributed by atoms with Crippen molar-refractivity contribution in [3.05, 3.63) is 66.2 Å². The third-order valence-corrected chi connectivity index (χ3v) is 5.48. The van der Waals surface area contributed by atoms with Gasteiger partial charge < -0.3 is 14.4 Å². The van der Waals surface area contributed by atoms with E-state index < -0.39 is 10.0 Å². The molecule has 2 rings (SSSR count). The summed E-state index contributed by atoms with van der Waals surface area (Å²) in [5, 5.41) is 0. The molecule has 0 fully saturated rings. The highest BCUT2D eigenvalue weighted by Crippen LogP contribution is 2.28. The molecule has 0 unspecified atom stereocenters. The van der Waals surface area contributed by atoms with Gasteiger partial charge in [0.05, 0.1) is 19.1 Å². The van der Waals surface area contributed by atoms with E-state index >= 15 is 0 Å². The smallest absolute Gasteiger partial charge is 0.253 e. The van der Waals surface area contributed by atoms with Crippen molar-refractivity contribution < 1.29 is 22.7 Å². The molecule has 0 aliphatic heterocycles. The van der Waals surface area contributed by atoms with Gasteiger partial charge in [-0.2, -0.15) is 0 Å². The van der Waals surface area contributed by atoms with E-state index in [0.29, 0.717) is 23.6 Å². The summed E-state index contributed by atoms with van der Waals surface area (Å²) in [6, 6.07) is 11.2. The lowest BCUT2D eigenvalue weighted by Gasteiger charge is -2.18. The molecule has 0 aliphatic rings. The molecule has 0 spiro atoms. The predicted molar refractivity (Wildman–Crippen MR) is 107 cm³/mol. The SMILES string of the molecule is C=CCNS(=O)(=O)c1ccc(C(=O)N(C)Cc2ccc(OC)c(OC)c2)cc1. The number of amides is 1. The summed E-state index contributed by atoms with van der Waals surface area (Å²) in [5.74, 6) is 0.974. The van der Waals surface area contributed by atoms with E-state index in [0.717, 1.165) is 5.56 Å². The molecule has 0 saturated carbocycles. The maximum atomic E-state index is 12.7. The van der Waals surface area contributed by atoms with Crippen LogP contribution in [0, 0.1) is 0 Å². The maximum Gasteiger partial charge on any atom is 0.253 e. The lowest BCUT2D eigenvalue weighted by Crippen LogP contribution is -2.26. The Labute approximate surface area is 165 Å². The van der Waals surface area contributed by atoms with Gasteiger partial charge in [-0.05, 0) is 42.0 Å². The van der Waals surface area contributed by atoms with Crippen molar-refractivity contribution in [3.8, 4) is 11.5 Å². The summed E-state index contributed by atoms with van der Waals surface area (Å²) in [7, 11) is 1.17. The zero-order valence-corrected chi connectivity index (χ0v) is 17.0. The number of carbonyl (C=O) groups is 1. The summed E-state index contributed by atoms with van der Waals surface area (Å²) < 4.78 is 37.0. The highest BCUT2D eigenvalue weighted by Gasteiger charge is 2.16. The molecular formula is C20H24N2O5S. The number of nitrogens with one attached hydrogen (secondary N) is 1. The lowest BCUT2D eigenvalue weighted by molar-refractivity contribution is 0.0785. The van der Waals surface area contributed by atoms with Gasteiger partial charge in [0.25, 0.3) is 5.91 Å². The van der Waals surface area contributed by atoms with Gasteiger partial charge in [0, 0.05) is 25.7 Å². The third-order valence-electron chi connectivity index (χ3n) is 4.04. The zero-order valence-electron chi connectivity index (χ0n) is 16.1. The van der Waals surface area contributed by atoms with Crippen molar-refractivity contribution in [1.82, 2.24) is 9.62 Å². The summed E-state index contributed by atoms with van der Waals surface area (Å²) in [5.41, 5.74) is 1.27. The van der Waals surface area contributed by atoms with Crippen molar-refractivity contribution in [2.75, 3.05) is 27.8 Å². The van der Waals surface area contributed by atoms with Gasteiger partial charge in [0.2, 0.25) is 10.0 Å². The summed E-state index contributed by atoms with van der Waals surface area (Å²) in [6.07, 6.45) is 1.46. The van der Waals surface area contributed by atoms with Gasteiger partial charge in [-0.1, -0.05) is 12.1 Å². The van der Waals surface area contributed by atoms with Crippen LogP contribution in [0.25, 0.3) is 0 Å². The van der Waals surface area contributed by atoms with Gasteiger partial charge >= 0.3 is 0 Å². The number of rotatable bonds is 9. The molecule has 0 heterocycles. The average Bonchev–Trinajstić information content (AvgIpc) is 2.71. The van der Waals surface area contributed by atoms with E-state index in [1.165, 1.54) is 30.3 Å². The molecule has 0 radical (unpaired) electrons. The van der Waals surface area contributed by atoms with E-state index in [2.05, 4.69) is 11.3 Å². The van der Waals surface area contributed by atoms with Gasteiger partial charge in [-0.3, -0.25) is 4.79 Å².